The van der Waals surface area contributed by atoms with E-state index in [9.17, 15) is 19.1 Å². The van der Waals surface area contributed by atoms with Crippen molar-refractivity contribution in [3.63, 3.8) is 0 Å². The molecular formula is C22H17FN2O6. The molecule has 2 aliphatic heterocycles. The van der Waals surface area contributed by atoms with Crippen LogP contribution < -0.4 is 19.5 Å². The summed E-state index contributed by atoms with van der Waals surface area (Å²) in [6, 6.07) is 9.31. The van der Waals surface area contributed by atoms with E-state index in [2.05, 4.69) is 5.32 Å². The molecule has 0 saturated carbocycles. The Hall–Kier alpha value is -4.01. The minimum absolute atomic E-state index is 0.0500. The van der Waals surface area contributed by atoms with Crippen LogP contribution in [0.1, 0.15) is 34.0 Å². The molecule has 0 spiro atoms. The molecule has 2 aliphatic rings. The van der Waals surface area contributed by atoms with Crippen LogP contribution in [-0.2, 0) is 4.79 Å². The SMILES string of the molecule is COc1cc([C@H]2CC(=O)Nc3c(C(=O)O)cn(-c4cccc(F)c4)c32)cc2c1OCO2. The first-order chi connectivity index (χ1) is 15.0. The quantitative estimate of drug-likeness (QED) is 0.665. The molecule has 0 fully saturated rings. The average molecular weight is 424 g/mol. The van der Waals surface area contributed by atoms with Gasteiger partial charge in [-0.3, -0.25) is 4.79 Å². The van der Waals surface area contributed by atoms with Gasteiger partial charge in [-0.25, -0.2) is 9.18 Å². The van der Waals surface area contributed by atoms with Crippen molar-refractivity contribution < 1.29 is 33.3 Å². The highest BCUT2D eigenvalue weighted by Gasteiger charge is 2.36. The van der Waals surface area contributed by atoms with Crippen LogP contribution in [0.25, 0.3) is 5.69 Å². The summed E-state index contributed by atoms with van der Waals surface area (Å²) in [5.74, 6) is -1.12. The smallest absolute Gasteiger partial charge is 0.339 e. The first-order valence-electron chi connectivity index (χ1n) is 9.48. The molecule has 0 radical (unpaired) electrons. The van der Waals surface area contributed by atoms with Crippen LogP contribution >= 0.6 is 0 Å². The number of amides is 1. The van der Waals surface area contributed by atoms with Crippen LogP contribution in [-0.4, -0.2) is 35.5 Å². The van der Waals surface area contributed by atoms with E-state index in [0.29, 0.717) is 34.2 Å². The summed E-state index contributed by atoms with van der Waals surface area (Å²) in [5.41, 5.74) is 1.77. The average Bonchev–Trinajstić information content (AvgIpc) is 3.37. The van der Waals surface area contributed by atoms with Gasteiger partial charge in [-0.15, -0.1) is 0 Å². The lowest BCUT2D eigenvalue weighted by Gasteiger charge is -2.26. The molecule has 1 atom stereocenters. The van der Waals surface area contributed by atoms with Crippen LogP contribution in [0.2, 0.25) is 0 Å². The lowest BCUT2D eigenvalue weighted by Crippen LogP contribution is -2.25. The van der Waals surface area contributed by atoms with Crippen LogP contribution in [0, 0.1) is 5.82 Å². The fraction of sp³-hybridized carbons (Fsp3) is 0.182. The Kier molecular flexibility index (Phi) is 4.32. The highest BCUT2D eigenvalue weighted by Crippen LogP contribution is 2.47. The largest absolute Gasteiger partial charge is 0.493 e. The van der Waals surface area contributed by atoms with E-state index in [1.807, 2.05) is 0 Å². The molecule has 5 rings (SSSR count). The molecule has 1 aromatic heterocycles. The van der Waals surface area contributed by atoms with Crippen molar-refractivity contribution in [2.24, 2.45) is 0 Å². The molecule has 0 bridgehead atoms. The first kappa shape index (κ1) is 19.0. The number of carbonyl (C=O) groups excluding carboxylic acids is 1. The number of halogens is 1. The van der Waals surface area contributed by atoms with Crippen molar-refractivity contribution in [3.8, 4) is 22.9 Å². The number of fused-ring (bicyclic) bond motifs is 2. The van der Waals surface area contributed by atoms with E-state index in [0.717, 1.165) is 0 Å². The van der Waals surface area contributed by atoms with Crippen molar-refractivity contribution in [2.75, 3.05) is 19.2 Å². The van der Waals surface area contributed by atoms with Crippen LogP contribution in [0.4, 0.5) is 10.1 Å². The summed E-state index contributed by atoms with van der Waals surface area (Å²) in [6.07, 6.45) is 1.46. The number of carboxylic acid groups (broad SMARTS) is 1. The fourth-order valence-corrected chi connectivity index (χ4v) is 4.10. The number of hydrogen-bond donors (Lipinski definition) is 2. The minimum Gasteiger partial charge on any atom is -0.493 e. The van der Waals surface area contributed by atoms with Crippen LogP contribution in [0.5, 0.6) is 17.2 Å². The molecule has 3 aromatic rings. The number of hydrogen-bond acceptors (Lipinski definition) is 5. The number of benzene rings is 2. The van der Waals surface area contributed by atoms with Crippen molar-refractivity contribution >= 4 is 17.6 Å². The maximum Gasteiger partial charge on any atom is 0.339 e. The molecular weight excluding hydrogens is 407 g/mol. The summed E-state index contributed by atoms with van der Waals surface area (Å²) in [4.78, 5) is 24.4. The second-order valence-electron chi connectivity index (χ2n) is 7.22. The van der Waals surface area contributed by atoms with E-state index in [1.54, 1.807) is 22.8 Å². The summed E-state index contributed by atoms with van der Waals surface area (Å²) < 4.78 is 31.9. The zero-order chi connectivity index (χ0) is 21.7. The van der Waals surface area contributed by atoms with E-state index >= 15 is 0 Å². The molecule has 3 heterocycles. The lowest BCUT2D eigenvalue weighted by atomic mass is 9.87. The number of nitrogens with zero attached hydrogens (tertiary/aromatic N) is 1. The van der Waals surface area contributed by atoms with Crippen molar-refractivity contribution in [3.05, 3.63) is 65.2 Å². The van der Waals surface area contributed by atoms with Crippen LogP contribution in [0.15, 0.2) is 42.6 Å². The van der Waals surface area contributed by atoms with Crippen molar-refractivity contribution in [1.29, 1.82) is 0 Å². The Balaban J connectivity index is 1.75. The van der Waals surface area contributed by atoms with Crippen molar-refractivity contribution in [2.45, 2.75) is 12.3 Å². The van der Waals surface area contributed by atoms with Gasteiger partial charge in [0.15, 0.2) is 11.5 Å². The van der Waals surface area contributed by atoms with Crippen LogP contribution in [0.3, 0.4) is 0 Å². The summed E-state index contributed by atoms with van der Waals surface area (Å²) in [5, 5.41) is 12.4. The molecule has 158 valence electrons. The summed E-state index contributed by atoms with van der Waals surface area (Å²) >= 11 is 0. The molecule has 8 nitrogen and oxygen atoms in total. The molecule has 1 amide bonds. The van der Waals surface area contributed by atoms with Crippen molar-refractivity contribution in [1.82, 2.24) is 4.57 Å². The maximum atomic E-state index is 13.9. The number of methoxy groups -OCH3 is 1. The molecule has 31 heavy (non-hydrogen) atoms. The van der Waals surface area contributed by atoms with Gasteiger partial charge < -0.3 is 29.2 Å². The molecule has 0 saturated heterocycles. The fourth-order valence-electron chi connectivity index (χ4n) is 4.10. The van der Waals surface area contributed by atoms with E-state index in [-0.39, 0.29) is 30.4 Å². The summed E-state index contributed by atoms with van der Waals surface area (Å²) in [6.45, 7) is 0.0500. The predicted octanol–water partition coefficient (Wildman–Crippen LogP) is 3.53. The number of anilines is 1. The normalized spacial score (nSPS) is 16.6. The van der Waals surface area contributed by atoms with Gasteiger partial charge in [0, 0.05) is 24.2 Å². The second-order valence-corrected chi connectivity index (χ2v) is 7.22. The third-order valence-electron chi connectivity index (χ3n) is 5.43. The molecule has 0 aliphatic carbocycles. The van der Waals surface area contributed by atoms with Gasteiger partial charge >= 0.3 is 5.97 Å². The molecule has 2 N–H and O–H groups in total. The number of carbonyl (C=O) groups is 2. The number of aromatic nitrogens is 1. The lowest BCUT2D eigenvalue weighted by molar-refractivity contribution is -0.116. The standard InChI is InChI=1S/C22H17FN2O6/c1-29-16-5-11(6-17-21(16)31-10-30-17)14-8-18(26)24-19-15(22(27)28)9-25(20(14)19)13-4-2-3-12(23)7-13/h2-7,9,14H,8,10H2,1H3,(H,24,26)(H,27,28)/t14-/m1/s1. The second kappa shape index (κ2) is 7.05. The monoisotopic (exact) mass is 424 g/mol. The highest BCUT2D eigenvalue weighted by atomic mass is 19.1. The molecule has 0 unspecified atom stereocenters. The Morgan fingerprint density at radius 2 is 2.13 bits per heavy atom. The van der Waals surface area contributed by atoms with Gasteiger partial charge in [-0.1, -0.05) is 6.07 Å². The van der Waals surface area contributed by atoms with Gasteiger partial charge in [0.1, 0.15) is 11.4 Å². The van der Waals surface area contributed by atoms with E-state index in [4.69, 9.17) is 14.2 Å². The predicted molar refractivity (Wildman–Crippen MR) is 107 cm³/mol. The van der Waals surface area contributed by atoms with E-state index in [1.165, 1.54) is 31.5 Å². The summed E-state index contributed by atoms with van der Waals surface area (Å²) in [7, 11) is 1.50. The molecule has 2 aromatic carbocycles. The topological polar surface area (TPSA) is 99.0 Å². The number of carboxylic acids is 1. The van der Waals surface area contributed by atoms with Gasteiger partial charge in [0.05, 0.1) is 18.5 Å². The minimum atomic E-state index is -1.20. The Morgan fingerprint density at radius 3 is 2.87 bits per heavy atom. The third kappa shape index (κ3) is 3.05. The first-order valence-corrected chi connectivity index (χ1v) is 9.48. The zero-order valence-corrected chi connectivity index (χ0v) is 16.3. The van der Waals surface area contributed by atoms with Gasteiger partial charge in [-0.2, -0.15) is 0 Å². The highest BCUT2D eigenvalue weighted by molar-refractivity contribution is 6.04. The third-order valence-corrected chi connectivity index (χ3v) is 5.43. The number of nitrogens with one attached hydrogen (secondary N) is 1. The Morgan fingerprint density at radius 1 is 1.29 bits per heavy atom. The maximum absolute atomic E-state index is 13.9. The van der Waals surface area contributed by atoms with Gasteiger partial charge in [-0.05, 0) is 35.9 Å². The van der Waals surface area contributed by atoms with Gasteiger partial charge in [0.25, 0.3) is 0 Å². The number of rotatable bonds is 4. The number of ether oxygens (including phenoxy) is 3. The van der Waals surface area contributed by atoms with Gasteiger partial charge in [0.2, 0.25) is 18.4 Å². The van der Waals surface area contributed by atoms with E-state index < -0.39 is 17.7 Å². The Labute approximate surface area is 175 Å². The zero-order valence-electron chi connectivity index (χ0n) is 16.3. The Bertz CT molecular complexity index is 1230. The molecule has 9 heteroatoms. The number of aromatic carboxylic acids is 1.